The Bertz CT molecular complexity index is 246. The molecule has 0 amide bonds. The third kappa shape index (κ3) is 2.03. The van der Waals surface area contributed by atoms with Crippen LogP contribution in [0.25, 0.3) is 0 Å². The van der Waals surface area contributed by atoms with Gasteiger partial charge in [0.2, 0.25) is 0 Å². The standard InChI is InChI=1S/C12H21NO2/c1-12(5-3-2-4-6-12)10-8-13-7-9(10)11(14)15/h9-10,13H,2-8H2,1H3,(H,14,15). The van der Waals surface area contributed by atoms with Gasteiger partial charge in [0.05, 0.1) is 5.92 Å². The Hall–Kier alpha value is -0.570. The van der Waals surface area contributed by atoms with E-state index in [0.29, 0.717) is 12.5 Å². The number of aliphatic carboxylic acids is 1. The summed E-state index contributed by atoms with van der Waals surface area (Å²) in [6.45, 7) is 3.85. The van der Waals surface area contributed by atoms with Gasteiger partial charge in [-0.1, -0.05) is 26.2 Å². The molecule has 3 heteroatoms. The third-order valence-electron chi connectivity index (χ3n) is 4.42. The molecule has 86 valence electrons. The maximum Gasteiger partial charge on any atom is 0.308 e. The second-order valence-corrected chi connectivity index (χ2v) is 5.42. The van der Waals surface area contributed by atoms with E-state index < -0.39 is 5.97 Å². The molecule has 15 heavy (non-hydrogen) atoms. The van der Waals surface area contributed by atoms with E-state index >= 15 is 0 Å². The number of carbonyl (C=O) groups is 1. The summed E-state index contributed by atoms with van der Waals surface area (Å²) < 4.78 is 0. The first-order chi connectivity index (χ1) is 7.13. The van der Waals surface area contributed by atoms with Crippen molar-refractivity contribution in [2.24, 2.45) is 17.3 Å². The summed E-state index contributed by atoms with van der Waals surface area (Å²) in [6.07, 6.45) is 6.30. The minimum absolute atomic E-state index is 0.159. The maximum atomic E-state index is 11.2. The molecule has 2 N–H and O–H groups in total. The molecular weight excluding hydrogens is 190 g/mol. The van der Waals surface area contributed by atoms with Crippen molar-refractivity contribution in [3.63, 3.8) is 0 Å². The Morgan fingerprint density at radius 1 is 1.27 bits per heavy atom. The van der Waals surface area contributed by atoms with Crippen LogP contribution >= 0.6 is 0 Å². The van der Waals surface area contributed by atoms with Gasteiger partial charge in [-0.05, 0) is 30.7 Å². The van der Waals surface area contributed by atoms with Crippen LogP contribution in [0.2, 0.25) is 0 Å². The molecule has 1 aliphatic heterocycles. The van der Waals surface area contributed by atoms with E-state index in [2.05, 4.69) is 12.2 Å². The monoisotopic (exact) mass is 211 g/mol. The Kier molecular flexibility index (Phi) is 3.01. The van der Waals surface area contributed by atoms with Crippen molar-refractivity contribution in [1.82, 2.24) is 5.32 Å². The van der Waals surface area contributed by atoms with Gasteiger partial charge in [-0.3, -0.25) is 4.79 Å². The van der Waals surface area contributed by atoms with Crippen LogP contribution in [0.1, 0.15) is 39.0 Å². The lowest BCUT2D eigenvalue weighted by Gasteiger charge is -2.40. The zero-order chi connectivity index (χ0) is 10.9. The van der Waals surface area contributed by atoms with Gasteiger partial charge in [-0.25, -0.2) is 0 Å². The van der Waals surface area contributed by atoms with E-state index in [1.165, 1.54) is 32.1 Å². The van der Waals surface area contributed by atoms with Crippen molar-refractivity contribution < 1.29 is 9.90 Å². The fraction of sp³-hybridized carbons (Fsp3) is 0.917. The van der Waals surface area contributed by atoms with Crippen LogP contribution in [0, 0.1) is 17.3 Å². The summed E-state index contributed by atoms with van der Waals surface area (Å²) in [6, 6.07) is 0. The van der Waals surface area contributed by atoms with Gasteiger partial charge in [-0.2, -0.15) is 0 Å². The highest BCUT2D eigenvalue weighted by Crippen LogP contribution is 2.46. The van der Waals surface area contributed by atoms with E-state index in [4.69, 9.17) is 0 Å². The lowest BCUT2D eigenvalue weighted by atomic mass is 9.64. The van der Waals surface area contributed by atoms with Crippen molar-refractivity contribution >= 4 is 5.97 Å². The fourth-order valence-electron chi connectivity index (χ4n) is 3.40. The number of carboxylic acids is 1. The van der Waals surface area contributed by atoms with E-state index in [0.717, 1.165) is 6.54 Å². The van der Waals surface area contributed by atoms with Crippen LogP contribution in [-0.2, 0) is 4.79 Å². The second kappa shape index (κ2) is 4.12. The quantitative estimate of drug-likeness (QED) is 0.733. The zero-order valence-corrected chi connectivity index (χ0v) is 9.46. The number of hydrogen-bond donors (Lipinski definition) is 2. The molecular formula is C12H21NO2. The summed E-state index contributed by atoms with van der Waals surface area (Å²) in [5, 5.41) is 12.4. The summed E-state index contributed by atoms with van der Waals surface area (Å²) >= 11 is 0. The lowest BCUT2D eigenvalue weighted by Crippen LogP contribution is -2.37. The van der Waals surface area contributed by atoms with E-state index in [1.807, 2.05) is 0 Å². The van der Waals surface area contributed by atoms with Crippen molar-refractivity contribution in [1.29, 1.82) is 0 Å². The number of rotatable bonds is 2. The molecule has 2 unspecified atom stereocenters. The minimum Gasteiger partial charge on any atom is -0.481 e. The molecule has 2 atom stereocenters. The molecule has 0 aromatic carbocycles. The number of nitrogens with one attached hydrogen (secondary N) is 1. The largest absolute Gasteiger partial charge is 0.481 e. The average molecular weight is 211 g/mol. The van der Waals surface area contributed by atoms with Gasteiger partial charge < -0.3 is 10.4 Å². The summed E-state index contributed by atoms with van der Waals surface area (Å²) in [4.78, 5) is 11.2. The highest BCUT2D eigenvalue weighted by molar-refractivity contribution is 5.71. The van der Waals surface area contributed by atoms with Gasteiger partial charge in [0.1, 0.15) is 0 Å². The van der Waals surface area contributed by atoms with E-state index in [9.17, 15) is 9.90 Å². The second-order valence-electron chi connectivity index (χ2n) is 5.42. The molecule has 2 rings (SSSR count). The molecule has 0 bridgehead atoms. The van der Waals surface area contributed by atoms with Gasteiger partial charge in [0, 0.05) is 6.54 Å². The Morgan fingerprint density at radius 2 is 1.93 bits per heavy atom. The summed E-state index contributed by atoms with van der Waals surface area (Å²) in [5.74, 6) is -0.430. The van der Waals surface area contributed by atoms with Gasteiger partial charge >= 0.3 is 5.97 Å². The molecule has 0 aromatic heterocycles. The summed E-state index contributed by atoms with van der Waals surface area (Å²) in [7, 11) is 0. The van der Waals surface area contributed by atoms with E-state index in [-0.39, 0.29) is 11.3 Å². The lowest BCUT2D eigenvalue weighted by molar-refractivity contribution is -0.144. The molecule has 2 fully saturated rings. The molecule has 0 radical (unpaired) electrons. The Balaban J connectivity index is 2.10. The number of carboxylic acid groups (broad SMARTS) is 1. The Labute approximate surface area is 91.2 Å². The van der Waals surface area contributed by atoms with Crippen molar-refractivity contribution in [3.05, 3.63) is 0 Å². The molecule has 1 aliphatic carbocycles. The predicted octanol–water partition coefficient (Wildman–Crippen LogP) is 1.88. The normalized spacial score (nSPS) is 35.3. The van der Waals surface area contributed by atoms with Crippen LogP contribution in [0.3, 0.4) is 0 Å². The molecule has 0 aromatic rings. The van der Waals surface area contributed by atoms with Crippen LogP contribution in [0.4, 0.5) is 0 Å². The fourth-order valence-corrected chi connectivity index (χ4v) is 3.40. The van der Waals surface area contributed by atoms with Gasteiger partial charge in [0.25, 0.3) is 0 Å². The average Bonchev–Trinajstić information content (AvgIpc) is 2.67. The molecule has 1 saturated carbocycles. The van der Waals surface area contributed by atoms with Crippen LogP contribution in [0.15, 0.2) is 0 Å². The topological polar surface area (TPSA) is 49.3 Å². The Morgan fingerprint density at radius 3 is 2.53 bits per heavy atom. The third-order valence-corrected chi connectivity index (χ3v) is 4.42. The molecule has 0 spiro atoms. The first-order valence-corrected chi connectivity index (χ1v) is 6.07. The molecule has 1 saturated heterocycles. The van der Waals surface area contributed by atoms with Crippen molar-refractivity contribution in [3.8, 4) is 0 Å². The molecule has 2 aliphatic rings. The van der Waals surface area contributed by atoms with Crippen molar-refractivity contribution in [2.45, 2.75) is 39.0 Å². The van der Waals surface area contributed by atoms with Crippen LogP contribution in [-0.4, -0.2) is 24.2 Å². The summed E-state index contributed by atoms with van der Waals surface area (Å²) in [5.41, 5.74) is 0.269. The highest BCUT2D eigenvalue weighted by Gasteiger charge is 2.45. The minimum atomic E-state index is -0.614. The van der Waals surface area contributed by atoms with E-state index in [1.54, 1.807) is 0 Å². The zero-order valence-electron chi connectivity index (χ0n) is 9.46. The molecule has 3 nitrogen and oxygen atoms in total. The van der Waals surface area contributed by atoms with Crippen LogP contribution in [0.5, 0.6) is 0 Å². The SMILES string of the molecule is CC1(C2CNCC2C(=O)O)CCCCC1. The highest BCUT2D eigenvalue weighted by atomic mass is 16.4. The van der Waals surface area contributed by atoms with Gasteiger partial charge in [-0.15, -0.1) is 0 Å². The predicted molar refractivity (Wildman–Crippen MR) is 58.7 cm³/mol. The first kappa shape index (κ1) is 10.9. The van der Waals surface area contributed by atoms with Gasteiger partial charge in [0.15, 0.2) is 0 Å². The van der Waals surface area contributed by atoms with Crippen LogP contribution < -0.4 is 5.32 Å². The maximum absolute atomic E-state index is 11.2. The molecule has 1 heterocycles. The smallest absolute Gasteiger partial charge is 0.308 e. The van der Waals surface area contributed by atoms with Crippen molar-refractivity contribution in [2.75, 3.05) is 13.1 Å². The number of hydrogen-bond acceptors (Lipinski definition) is 2. The first-order valence-electron chi connectivity index (χ1n) is 6.07.